The Kier molecular flexibility index (Phi) is 4.71. The molecule has 3 aromatic rings. The van der Waals surface area contributed by atoms with Crippen LogP contribution in [0.5, 0.6) is 0 Å². The van der Waals surface area contributed by atoms with E-state index < -0.39 is 0 Å². The SMILES string of the molecule is O=C(N/N=C\c1ccc(-c2ccc(Br)cc2)o1)[C@@H]1C[C@H]1c1ccccc1. The zero-order valence-electron chi connectivity index (χ0n) is 13.9. The predicted molar refractivity (Wildman–Crippen MR) is 105 cm³/mol. The number of hydrogen-bond donors (Lipinski definition) is 1. The zero-order chi connectivity index (χ0) is 17.9. The minimum absolute atomic E-state index is 0.00415. The number of benzene rings is 2. The van der Waals surface area contributed by atoms with Gasteiger partial charge in [-0.05, 0) is 42.2 Å². The van der Waals surface area contributed by atoms with Gasteiger partial charge in [-0.15, -0.1) is 0 Å². The molecular weight excluding hydrogens is 392 g/mol. The molecule has 0 bridgehead atoms. The zero-order valence-corrected chi connectivity index (χ0v) is 15.5. The van der Waals surface area contributed by atoms with Gasteiger partial charge >= 0.3 is 0 Å². The lowest BCUT2D eigenvalue weighted by Gasteiger charge is -1.99. The number of furan rings is 1. The first-order valence-electron chi connectivity index (χ1n) is 8.44. The molecule has 4 rings (SSSR count). The second kappa shape index (κ2) is 7.30. The normalized spacial score (nSPS) is 18.8. The second-order valence-electron chi connectivity index (χ2n) is 6.30. The number of hydrogen-bond acceptors (Lipinski definition) is 3. The average molecular weight is 409 g/mol. The number of hydrazone groups is 1. The summed E-state index contributed by atoms with van der Waals surface area (Å²) < 4.78 is 6.76. The molecule has 1 saturated carbocycles. The summed E-state index contributed by atoms with van der Waals surface area (Å²) in [5.41, 5.74) is 4.81. The Bertz CT molecular complexity index is 932. The van der Waals surface area contributed by atoms with E-state index in [1.807, 2.05) is 54.6 Å². The van der Waals surface area contributed by atoms with Crippen LogP contribution in [-0.2, 0) is 4.79 Å². The highest BCUT2D eigenvalue weighted by Crippen LogP contribution is 2.47. The van der Waals surface area contributed by atoms with Crippen molar-refractivity contribution in [3.05, 3.63) is 82.5 Å². The van der Waals surface area contributed by atoms with E-state index in [-0.39, 0.29) is 11.8 Å². The first-order valence-corrected chi connectivity index (χ1v) is 9.23. The fourth-order valence-corrected chi connectivity index (χ4v) is 3.25. The summed E-state index contributed by atoms with van der Waals surface area (Å²) >= 11 is 3.41. The van der Waals surface area contributed by atoms with Crippen LogP contribution in [0, 0.1) is 5.92 Å². The van der Waals surface area contributed by atoms with Gasteiger partial charge in [0.2, 0.25) is 5.91 Å². The first kappa shape index (κ1) is 16.8. The van der Waals surface area contributed by atoms with Crippen molar-refractivity contribution in [3.8, 4) is 11.3 Å². The maximum absolute atomic E-state index is 12.2. The van der Waals surface area contributed by atoms with Crippen LogP contribution < -0.4 is 5.43 Å². The summed E-state index contributed by atoms with van der Waals surface area (Å²) in [7, 11) is 0. The highest BCUT2D eigenvalue weighted by molar-refractivity contribution is 9.10. The number of rotatable bonds is 5. The molecule has 1 amide bonds. The molecule has 0 spiro atoms. The highest BCUT2D eigenvalue weighted by Gasteiger charge is 2.43. The van der Waals surface area contributed by atoms with Gasteiger partial charge in [0.1, 0.15) is 11.5 Å². The number of nitrogens with one attached hydrogen (secondary N) is 1. The van der Waals surface area contributed by atoms with Crippen molar-refractivity contribution in [2.75, 3.05) is 0 Å². The van der Waals surface area contributed by atoms with Gasteiger partial charge in [-0.2, -0.15) is 5.10 Å². The van der Waals surface area contributed by atoms with Crippen LogP contribution in [0.4, 0.5) is 0 Å². The Morgan fingerprint density at radius 1 is 1.08 bits per heavy atom. The number of nitrogens with zero attached hydrogens (tertiary/aromatic N) is 1. The molecule has 1 fully saturated rings. The Hall–Kier alpha value is -2.66. The van der Waals surface area contributed by atoms with Crippen molar-refractivity contribution < 1.29 is 9.21 Å². The Labute approximate surface area is 160 Å². The lowest BCUT2D eigenvalue weighted by molar-refractivity contribution is -0.122. The van der Waals surface area contributed by atoms with Crippen LogP contribution in [0.1, 0.15) is 23.7 Å². The summed E-state index contributed by atoms with van der Waals surface area (Å²) in [6.45, 7) is 0. The molecule has 0 saturated heterocycles. The third kappa shape index (κ3) is 3.78. The molecule has 0 aliphatic heterocycles. The summed E-state index contributed by atoms with van der Waals surface area (Å²) in [4.78, 5) is 12.2. The molecule has 0 unspecified atom stereocenters. The Balaban J connectivity index is 1.33. The molecule has 1 aromatic heterocycles. The monoisotopic (exact) mass is 408 g/mol. The summed E-state index contributed by atoms with van der Waals surface area (Å²) in [6, 6.07) is 21.7. The van der Waals surface area contributed by atoms with Crippen molar-refractivity contribution in [2.24, 2.45) is 11.0 Å². The van der Waals surface area contributed by atoms with Gasteiger partial charge in [0, 0.05) is 16.0 Å². The van der Waals surface area contributed by atoms with Crippen molar-refractivity contribution in [1.82, 2.24) is 5.43 Å². The van der Waals surface area contributed by atoms with Crippen LogP contribution in [-0.4, -0.2) is 12.1 Å². The molecule has 1 aliphatic rings. The molecule has 4 nitrogen and oxygen atoms in total. The van der Waals surface area contributed by atoms with E-state index in [1.54, 1.807) is 0 Å². The van der Waals surface area contributed by atoms with E-state index in [1.165, 1.54) is 11.8 Å². The summed E-state index contributed by atoms with van der Waals surface area (Å²) in [6.07, 6.45) is 2.40. The third-order valence-corrected chi connectivity index (χ3v) is 5.01. The van der Waals surface area contributed by atoms with Crippen LogP contribution in [0.25, 0.3) is 11.3 Å². The van der Waals surface area contributed by atoms with E-state index in [2.05, 4.69) is 38.6 Å². The van der Waals surface area contributed by atoms with Gasteiger partial charge in [-0.3, -0.25) is 4.79 Å². The summed E-state index contributed by atoms with van der Waals surface area (Å²) in [5.74, 6) is 1.62. The fraction of sp³-hybridized carbons (Fsp3) is 0.143. The quantitative estimate of drug-likeness (QED) is 0.478. The minimum Gasteiger partial charge on any atom is -0.455 e. The van der Waals surface area contributed by atoms with Gasteiger partial charge in [-0.25, -0.2) is 5.43 Å². The predicted octanol–water partition coefficient (Wildman–Crippen LogP) is 4.96. The van der Waals surface area contributed by atoms with E-state index >= 15 is 0 Å². The van der Waals surface area contributed by atoms with Crippen LogP contribution in [0.2, 0.25) is 0 Å². The lowest BCUT2D eigenvalue weighted by atomic mass is 10.1. The Morgan fingerprint density at radius 2 is 1.85 bits per heavy atom. The van der Waals surface area contributed by atoms with Crippen molar-refractivity contribution in [1.29, 1.82) is 0 Å². The van der Waals surface area contributed by atoms with Gasteiger partial charge in [0.05, 0.1) is 6.21 Å². The lowest BCUT2D eigenvalue weighted by Crippen LogP contribution is -2.20. The first-order chi connectivity index (χ1) is 12.7. The summed E-state index contributed by atoms with van der Waals surface area (Å²) in [5, 5.41) is 4.03. The molecule has 26 heavy (non-hydrogen) atoms. The molecule has 1 aliphatic carbocycles. The smallest absolute Gasteiger partial charge is 0.243 e. The van der Waals surface area contributed by atoms with Gasteiger partial charge in [0.15, 0.2) is 0 Å². The minimum atomic E-state index is -0.0465. The van der Waals surface area contributed by atoms with Gasteiger partial charge in [-0.1, -0.05) is 58.4 Å². The van der Waals surface area contributed by atoms with Crippen molar-refractivity contribution in [3.63, 3.8) is 0 Å². The Morgan fingerprint density at radius 3 is 2.62 bits per heavy atom. The highest BCUT2D eigenvalue weighted by atomic mass is 79.9. The molecule has 5 heteroatoms. The largest absolute Gasteiger partial charge is 0.455 e. The van der Waals surface area contributed by atoms with E-state index in [0.717, 1.165) is 22.2 Å². The van der Waals surface area contributed by atoms with Gasteiger partial charge in [0.25, 0.3) is 0 Å². The van der Waals surface area contributed by atoms with E-state index in [0.29, 0.717) is 11.7 Å². The fourth-order valence-electron chi connectivity index (χ4n) is 2.99. The second-order valence-corrected chi connectivity index (χ2v) is 7.22. The molecule has 1 N–H and O–H groups in total. The number of carbonyl (C=O) groups excluding carboxylic acids is 1. The standard InChI is InChI=1S/C21H17BrN2O2/c22-16-8-6-15(7-9-16)20-11-10-17(26-20)13-23-24-21(25)19-12-18(19)14-4-2-1-3-5-14/h1-11,13,18-19H,12H2,(H,24,25)/b23-13-/t18-,19+/m0/s1. The maximum Gasteiger partial charge on any atom is 0.243 e. The number of amides is 1. The van der Waals surface area contributed by atoms with E-state index in [9.17, 15) is 4.79 Å². The topological polar surface area (TPSA) is 54.6 Å². The molecule has 0 radical (unpaired) electrons. The van der Waals surface area contributed by atoms with Crippen molar-refractivity contribution >= 4 is 28.1 Å². The van der Waals surface area contributed by atoms with E-state index in [4.69, 9.17) is 4.42 Å². The molecule has 130 valence electrons. The molecule has 2 atom stereocenters. The number of halogens is 1. The average Bonchev–Trinajstić information content (AvgIpc) is 3.34. The molecule has 1 heterocycles. The van der Waals surface area contributed by atoms with Crippen LogP contribution in [0.15, 0.2) is 80.7 Å². The number of carbonyl (C=O) groups is 1. The maximum atomic E-state index is 12.2. The van der Waals surface area contributed by atoms with Gasteiger partial charge < -0.3 is 4.42 Å². The van der Waals surface area contributed by atoms with Crippen LogP contribution >= 0.6 is 15.9 Å². The third-order valence-electron chi connectivity index (χ3n) is 4.48. The molecule has 2 aromatic carbocycles. The van der Waals surface area contributed by atoms with Crippen LogP contribution in [0.3, 0.4) is 0 Å². The molecular formula is C21H17BrN2O2. The van der Waals surface area contributed by atoms with Crippen molar-refractivity contribution in [2.45, 2.75) is 12.3 Å².